The first-order valence-corrected chi connectivity index (χ1v) is 5.47. The molecule has 1 saturated heterocycles. The molecule has 0 unspecified atom stereocenters. The van der Waals surface area contributed by atoms with Gasteiger partial charge in [0.15, 0.2) is 6.23 Å². The Bertz CT molecular complexity index is 555. The second-order valence-electron chi connectivity index (χ2n) is 3.87. The van der Waals surface area contributed by atoms with E-state index >= 15 is 0 Å². The molecule has 100 valence electrons. The minimum atomic E-state index is -1.41. The van der Waals surface area contributed by atoms with Crippen LogP contribution in [0.1, 0.15) is 6.23 Å². The van der Waals surface area contributed by atoms with Crippen molar-refractivity contribution in [1.29, 1.82) is 0 Å². The van der Waals surface area contributed by atoms with Crippen LogP contribution in [0.5, 0.6) is 0 Å². The summed E-state index contributed by atoms with van der Waals surface area (Å²) in [7, 11) is 0. The second-order valence-corrected chi connectivity index (χ2v) is 4.28. The van der Waals surface area contributed by atoms with Crippen molar-refractivity contribution < 1.29 is 20.1 Å². The fourth-order valence-electron chi connectivity index (χ4n) is 1.76. The third kappa shape index (κ3) is 2.08. The Morgan fingerprint density at radius 1 is 1.39 bits per heavy atom. The van der Waals surface area contributed by atoms with Crippen LogP contribution in [0.25, 0.3) is 0 Å². The van der Waals surface area contributed by atoms with E-state index in [9.17, 15) is 19.8 Å². The molecule has 4 N–H and O–H groups in total. The fourth-order valence-corrected chi connectivity index (χ4v) is 1.91. The number of ether oxygens (including phenoxy) is 1. The van der Waals surface area contributed by atoms with Crippen molar-refractivity contribution in [2.75, 3.05) is 6.61 Å². The zero-order valence-corrected chi connectivity index (χ0v) is 9.74. The summed E-state index contributed by atoms with van der Waals surface area (Å²) in [6.07, 6.45) is -3.98. The summed E-state index contributed by atoms with van der Waals surface area (Å²) in [6.45, 7) is -0.513. The van der Waals surface area contributed by atoms with Crippen molar-refractivity contribution in [3.63, 3.8) is 0 Å². The van der Waals surface area contributed by atoms with E-state index in [4.69, 9.17) is 21.4 Å². The lowest BCUT2D eigenvalue weighted by molar-refractivity contribution is -0.0550. The number of H-pyrrole nitrogens is 1. The van der Waals surface area contributed by atoms with Crippen LogP contribution >= 0.6 is 11.6 Å². The van der Waals surface area contributed by atoms with Crippen molar-refractivity contribution in [1.82, 2.24) is 9.55 Å². The summed E-state index contributed by atoms with van der Waals surface area (Å²) in [4.78, 5) is 24.6. The monoisotopic (exact) mass is 278 g/mol. The Kier molecular flexibility index (Phi) is 3.55. The normalized spacial score (nSPS) is 31.8. The molecule has 1 fully saturated rings. The third-order valence-electron chi connectivity index (χ3n) is 2.72. The van der Waals surface area contributed by atoms with Gasteiger partial charge in [0.25, 0.3) is 5.56 Å². The van der Waals surface area contributed by atoms with E-state index < -0.39 is 42.4 Å². The Labute approximate surface area is 105 Å². The van der Waals surface area contributed by atoms with Gasteiger partial charge in [-0.15, -0.1) is 0 Å². The quantitative estimate of drug-likeness (QED) is 0.487. The van der Waals surface area contributed by atoms with Crippen LogP contribution in [-0.2, 0) is 4.74 Å². The number of nitrogens with zero attached hydrogens (tertiary/aromatic N) is 1. The maximum atomic E-state index is 11.5. The van der Waals surface area contributed by atoms with Gasteiger partial charge in [0, 0.05) is 6.20 Å². The Balaban J connectivity index is 2.42. The highest BCUT2D eigenvalue weighted by atomic mass is 35.5. The summed E-state index contributed by atoms with van der Waals surface area (Å²) in [5, 5.41) is 27.9. The standard InChI is InChI=1S/C9H11ClN2O6/c10-3-1-12(9(17)11-7(3)16)8-6(15)5(14)4(2-13)18-8/h1,4-6,8,13-15H,2H2,(H,11,16,17)/t4-,5-,6-,8-/m1/s1. The smallest absolute Gasteiger partial charge is 0.330 e. The Hall–Kier alpha value is -1.19. The Morgan fingerprint density at radius 2 is 2.06 bits per heavy atom. The number of rotatable bonds is 2. The molecule has 0 aliphatic carbocycles. The molecular weight excluding hydrogens is 268 g/mol. The van der Waals surface area contributed by atoms with Gasteiger partial charge in [-0.25, -0.2) is 4.79 Å². The highest BCUT2D eigenvalue weighted by Gasteiger charge is 2.43. The number of hydrogen-bond acceptors (Lipinski definition) is 6. The van der Waals surface area contributed by atoms with E-state index in [0.29, 0.717) is 0 Å². The first-order valence-electron chi connectivity index (χ1n) is 5.09. The minimum absolute atomic E-state index is 0.257. The van der Waals surface area contributed by atoms with Gasteiger partial charge in [-0.05, 0) is 0 Å². The van der Waals surface area contributed by atoms with Crippen LogP contribution in [0, 0.1) is 0 Å². The van der Waals surface area contributed by atoms with Crippen LogP contribution in [0.2, 0.25) is 5.02 Å². The lowest BCUT2D eigenvalue weighted by atomic mass is 10.1. The molecule has 0 aromatic carbocycles. The summed E-state index contributed by atoms with van der Waals surface area (Å²) < 4.78 is 5.98. The predicted octanol–water partition coefficient (Wildman–Crippen LogP) is -2.20. The van der Waals surface area contributed by atoms with Crippen molar-refractivity contribution in [3.8, 4) is 0 Å². The minimum Gasteiger partial charge on any atom is -0.394 e. The van der Waals surface area contributed by atoms with Crippen LogP contribution in [0.3, 0.4) is 0 Å². The van der Waals surface area contributed by atoms with Crippen LogP contribution in [0.4, 0.5) is 0 Å². The van der Waals surface area contributed by atoms with E-state index in [1.165, 1.54) is 0 Å². The van der Waals surface area contributed by atoms with Gasteiger partial charge in [-0.3, -0.25) is 14.3 Å². The summed E-state index contributed by atoms with van der Waals surface area (Å²) in [6, 6.07) is 0. The number of aliphatic hydroxyl groups excluding tert-OH is 3. The molecular formula is C9H11ClN2O6. The third-order valence-corrected chi connectivity index (χ3v) is 2.98. The Morgan fingerprint density at radius 3 is 2.61 bits per heavy atom. The van der Waals surface area contributed by atoms with Crippen LogP contribution in [0.15, 0.2) is 15.8 Å². The van der Waals surface area contributed by atoms with Gasteiger partial charge < -0.3 is 20.1 Å². The van der Waals surface area contributed by atoms with Gasteiger partial charge in [-0.2, -0.15) is 0 Å². The largest absolute Gasteiger partial charge is 0.394 e. The molecule has 9 heteroatoms. The zero-order chi connectivity index (χ0) is 13.4. The van der Waals surface area contributed by atoms with E-state index in [2.05, 4.69) is 0 Å². The molecule has 0 amide bonds. The van der Waals surface area contributed by atoms with E-state index in [1.54, 1.807) is 0 Å². The van der Waals surface area contributed by atoms with E-state index in [1.807, 2.05) is 4.98 Å². The fraction of sp³-hybridized carbons (Fsp3) is 0.556. The van der Waals surface area contributed by atoms with Crippen molar-refractivity contribution in [2.24, 2.45) is 0 Å². The van der Waals surface area contributed by atoms with Crippen molar-refractivity contribution in [2.45, 2.75) is 24.5 Å². The second kappa shape index (κ2) is 4.82. The van der Waals surface area contributed by atoms with Gasteiger partial charge in [0.05, 0.1) is 6.61 Å². The molecule has 0 saturated carbocycles. The van der Waals surface area contributed by atoms with Crippen molar-refractivity contribution >= 4 is 11.6 Å². The maximum Gasteiger partial charge on any atom is 0.330 e. The number of aromatic nitrogens is 2. The van der Waals surface area contributed by atoms with Gasteiger partial charge in [0.1, 0.15) is 23.3 Å². The number of hydrogen-bond donors (Lipinski definition) is 4. The molecule has 1 aliphatic rings. The first kappa shape index (κ1) is 13.2. The average Bonchev–Trinajstić information content (AvgIpc) is 2.61. The lowest BCUT2D eigenvalue weighted by Crippen LogP contribution is -2.38. The molecule has 4 atom stereocenters. The van der Waals surface area contributed by atoms with Crippen molar-refractivity contribution in [3.05, 3.63) is 32.1 Å². The molecule has 18 heavy (non-hydrogen) atoms. The highest BCUT2D eigenvalue weighted by Crippen LogP contribution is 2.28. The summed E-state index contributed by atoms with van der Waals surface area (Å²) in [5.41, 5.74) is -1.59. The molecule has 0 radical (unpaired) electrons. The molecule has 8 nitrogen and oxygen atoms in total. The van der Waals surface area contributed by atoms with E-state index in [0.717, 1.165) is 10.8 Å². The highest BCUT2D eigenvalue weighted by molar-refractivity contribution is 6.30. The molecule has 1 aliphatic heterocycles. The number of nitrogens with one attached hydrogen (secondary N) is 1. The topological polar surface area (TPSA) is 125 Å². The maximum absolute atomic E-state index is 11.5. The summed E-state index contributed by atoms with van der Waals surface area (Å²) >= 11 is 5.57. The van der Waals surface area contributed by atoms with Gasteiger partial charge in [0.2, 0.25) is 0 Å². The lowest BCUT2D eigenvalue weighted by Gasteiger charge is -2.17. The van der Waals surface area contributed by atoms with Gasteiger partial charge in [-0.1, -0.05) is 11.6 Å². The molecule has 2 heterocycles. The average molecular weight is 279 g/mol. The molecule has 1 aromatic heterocycles. The SMILES string of the molecule is O=c1[nH]c(=O)n([C@@H]2O[C@H](CO)[C@@H](O)[C@H]2O)cc1Cl. The van der Waals surface area contributed by atoms with Gasteiger partial charge >= 0.3 is 5.69 Å². The van der Waals surface area contributed by atoms with E-state index in [-0.39, 0.29) is 5.02 Å². The molecule has 1 aromatic rings. The molecule has 0 spiro atoms. The number of halogens is 1. The summed E-state index contributed by atoms with van der Waals surface area (Å²) in [5.74, 6) is 0. The first-order chi connectivity index (χ1) is 8.45. The predicted molar refractivity (Wildman–Crippen MR) is 59.3 cm³/mol. The number of aromatic amines is 1. The van der Waals surface area contributed by atoms with Crippen LogP contribution in [-0.4, -0.2) is 49.8 Å². The molecule has 0 bridgehead atoms. The number of aliphatic hydroxyl groups is 3. The molecule has 2 rings (SSSR count). The zero-order valence-electron chi connectivity index (χ0n) is 8.99. The van der Waals surface area contributed by atoms with Crippen LogP contribution < -0.4 is 11.2 Å².